The Morgan fingerprint density at radius 1 is 1.71 bits per heavy atom. The maximum Gasteiger partial charge on any atom is 0.265 e. The van der Waals surface area contributed by atoms with Crippen molar-refractivity contribution in [2.24, 2.45) is 0 Å². The van der Waals surface area contributed by atoms with E-state index in [-0.39, 0.29) is 11.4 Å². The summed E-state index contributed by atoms with van der Waals surface area (Å²) in [7, 11) is 0. The van der Waals surface area contributed by atoms with Gasteiger partial charge in [-0.15, -0.1) is 16.7 Å². The molecular weight excluding hydrogens is 222 g/mol. The average Bonchev–Trinajstić information content (AvgIpc) is 2.80. The second-order valence-electron chi connectivity index (χ2n) is 3.56. The third-order valence-corrected chi connectivity index (χ3v) is 3.68. The van der Waals surface area contributed by atoms with Crippen LogP contribution in [-0.4, -0.2) is 26.9 Å². The van der Waals surface area contributed by atoms with E-state index in [9.17, 15) is 4.79 Å². The van der Waals surface area contributed by atoms with Crippen LogP contribution >= 0.6 is 23.1 Å². The van der Waals surface area contributed by atoms with Crippen LogP contribution in [0.1, 0.15) is 28.2 Å². The molecule has 0 radical (unpaired) electrons. The van der Waals surface area contributed by atoms with Crippen molar-refractivity contribution in [1.82, 2.24) is 14.9 Å². The fourth-order valence-corrected chi connectivity index (χ4v) is 2.07. The second kappa shape index (κ2) is 3.47. The van der Waals surface area contributed by atoms with Gasteiger partial charge in [0, 0.05) is 5.88 Å². The maximum absolute atomic E-state index is 11.7. The van der Waals surface area contributed by atoms with E-state index < -0.39 is 0 Å². The Balaban J connectivity index is 2.07. The van der Waals surface area contributed by atoms with E-state index in [1.54, 1.807) is 6.92 Å². The molecule has 1 heterocycles. The molecule has 0 unspecified atom stereocenters. The molecule has 1 amide bonds. The molecule has 2 rings (SSSR count). The normalized spacial score (nSPS) is 17.9. The molecule has 0 aliphatic heterocycles. The van der Waals surface area contributed by atoms with E-state index in [1.807, 2.05) is 0 Å². The average molecular weight is 232 g/mol. The molecule has 0 atom stereocenters. The molecule has 0 bridgehead atoms. The fourth-order valence-electron chi connectivity index (χ4n) is 1.18. The summed E-state index contributed by atoms with van der Waals surface area (Å²) in [5, 5.41) is 6.71. The third-order valence-electron chi connectivity index (χ3n) is 2.35. The third kappa shape index (κ3) is 1.74. The van der Waals surface area contributed by atoms with Crippen LogP contribution in [0, 0.1) is 6.92 Å². The molecule has 1 aromatic rings. The summed E-state index contributed by atoms with van der Waals surface area (Å²) in [6.45, 7) is 1.78. The number of aryl methyl sites for hydroxylation is 1. The fraction of sp³-hybridized carbons (Fsp3) is 0.625. The predicted octanol–water partition coefficient (Wildman–Crippen LogP) is 1.35. The van der Waals surface area contributed by atoms with Gasteiger partial charge in [0.2, 0.25) is 0 Å². The van der Waals surface area contributed by atoms with Gasteiger partial charge in [0.05, 0.1) is 11.2 Å². The standard InChI is InChI=1S/C8H10ClN3OS/c1-5-6(14-12-11-5)7(13)10-8(4-9)2-3-8/h2-4H2,1H3,(H,10,13). The summed E-state index contributed by atoms with van der Waals surface area (Å²) in [5.74, 6) is 0.375. The summed E-state index contributed by atoms with van der Waals surface area (Å²) in [4.78, 5) is 12.3. The van der Waals surface area contributed by atoms with E-state index in [1.165, 1.54) is 0 Å². The van der Waals surface area contributed by atoms with Crippen LogP contribution in [-0.2, 0) is 0 Å². The molecule has 0 spiro atoms. The van der Waals surface area contributed by atoms with E-state index in [0.29, 0.717) is 16.5 Å². The highest BCUT2D eigenvalue weighted by Gasteiger charge is 2.43. The molecule has 1 saturated carbocycles. The molecule has 1 fully saturated rings. The quantitative estimate of drug-likeness (QED) is 0.799. The lowest BCUT2D eigenvalue weighted by Gasteiger charge is -2.12. The largest absolute Gasteiger partial charge is 0.345 e. The Hall–Kier alpha value is -0.680. The number of nitrogens with one attached hydrogen (secondary N) is 1. The first kappa shape index (κ1) is 9.86. The van der Waals surface area contributed by atoms with Gasteiger partial charge >= 0.3 is 0 Å². The number of amides is 1. The van der Waals surface area contributed by atoms with Gasteiger partial charge in [-0.3, -0.25) is 4.79 Å². The Kier molecular flexibility index (Phi) is 2.45. The molecule has 4 nitrogen and oxygen atoms in total. The molecule has 1 aliphatic rings. The van der Waals surface area contributed by atoms with Gasteiger partial charge in [-0.25, -0.2) is 0 Å². The highest BCUT2D eigenvalue weighted by molar-refractivity contribution is 7.08. The van der Waals surface area contributed by atoms with Crippen LogP contribution in [0.3, 0.4) is 0 Å². The molecule has 6 heteroatoms. The Bertz CT molecular complexity index is 361. The number of alkyl halides is 1. The van der Waals surface area contributed by atoms with Crippen LogP contribution in [0.25, 0.3) is 0 Å². The number of carbonyl (C=O) groups excluding carboxylic acids is 1. The van der Waals surface area contributed by atoms with Gasteiger partial charge in [-0.05, 0) is 31.3 Å². The highest BCUT2D eigenvalue weighted by atomic mass is 35.5. The van der Waals surface area contributed by atoms with Gasteiger partial charge in [0.25, 0.3) is 5.91 Å². The van der Waals surface area contributed by atoms with E-state index in [4.69, 9.17) is 11.6 Å². The molecule has 76 valence electrons. The van der Waals surface area contributed by atoms with E-state index in [2.05, 4.69) is 14.9 Å². The molecule has 1 aliphatic carbocycles. The number of nitrogens with zero attached hydrogens (tertiary/aromatic N) is 2. The molecule has 14 heavy (non-hydrogen) atoms. The second-order valence-corrected chi connectivity index (χ2v) is 4.58. The maximum atomic E-state index is 11.7. The topological polar surface area (TPSA) is 54.9 Å². The van der Waals surface area contributed by atoms with Gasteiger partial charge in [0.1, 0.15) is 4.88 Å². The zero-order chi connectivity index (χ0) is 10.2. The van der Waals surface area contributed by atoms with Crippen molar-refractivity contribution in [3.63, 3.8) is 0 Å². The van der Waals surface area contributed by atoms with Crippen molar-refractivity contribution in [3.05, 3.63) is 10.6 Å². The first-order valence-corrected chi connectivity index (χ1v) is 5.65. The summed E-state index contributed by atoms with van der Waals surface area (Å²) in [6.07, 6.45) is 1.93. The van der Waals surface area contributed by atoms with Crippen LogP contribution in [0.4, 0.5) is 0 Å². The molecule has 0 aromatic carbocycles. The number of rotatable bonds is 3. The molecule has 1 N–H and O–H groups in total. The molecule has 1 aromatic heterocycles. The Morgan fingerprint density at radius 2 is 2.43 bits per heavy atom. The lowest BCUT2D eigenvalue weighted by Crippen LogP contribution is -2.38. The summed E-state index contributed by atoms with van der Waals surface area (Å²) in [5.41, 5.74) is 0.521. The Labute approximate surface area is 90.8 Å². The van der Waals surface area contributed by atoms with Gasteiger partial charge in [-0.1, -0.05) is 4.49 Å². The number of hydrogen-bond donors (Lipinski definition) is 1. The van der Waals surface area contributed by atoms with Crippen LogP contribution < -0.4 is 5.32 Å². The zero-order valence-corrected chi connectivity index (χ0v) is 9.28. The van der Waals surface area contributed by atoms with Crippen molar-refractivity contribution >= 4 is 29.0 Å². The summed E-state index contributed by atoms with van der Waals surface area (Å²) < 4.78 is 3.72. The van der Waals surface area contributed by atoms with Gasteiger partial charge in [-0.2, -0.15) is 0 Å². The van der Waals surface area contributed by atoms with Crippen molar-refractivity contribution in [3.8, 4) is 0 Å². The Morgan fingerprint density at radius 3 is 2.86 bits per heavy atom. The number of halogens is 1. The van der Waals surface area contributed by atoms with E-state index >= 15 is 0 Å². The number of carbonyl (C=O) groups is 1. The van der Waals surface area contributed by atoms with Crippen molar-refractivity contribution < 1.29 is 4.79 Å². The number of hydrogen-bond acceptors (Lipinski definition) is 4. The lowest BCUT2D eigenvalue weighted by atomic mass is 10.3. The SMILES string of the molecule is Cc1nnsc1C(=O)NC1(CCl)CC1. The van der Waals surface area contributed by atoms with Gasteiger partial charge in [0.15, 0.2) is 0 Å². The lowest BCUT2D eigenvalue weighted by molar-refractivity contribution is 0.0939. The monoisotopic (exact) mass is 231 g/mol. The minimum absolute atomic E-state index is 0.101. The minimum atomic E-state index is -0.158. The van der Waals surface area contributed by atoms with Crippen LogP contribution in [0.15, 0.2) is 0 Å². The number of aromatic nitrogens is 2. The zero-order valence-electron chi connectivity index (χ0n) is 7.71. The van der Waals surface area contributed by atoms with Crippen molar-refractivity contribution in [2.45, 2.75) is 25.3 Å². The van der Waals surface area contributed by atoms with E-state index in [0.717, 1.165) is 24.4 Å². The first-order chi connectivity index (χ1) is 6.67. The predicted molar refractivity (Wildman–Crippen MR) is 54.8 cm³/mol. The van der Waals surface area contributed by atoms with Crippen molar-refractivity contribution in [1.29, 1.82) is 0 Å². The van der Waals surface area contributed by atoms with Crippen molar-refractivity contribution in [2.75, 3.05) is 5.88 Å². The van der Waals surface area contributed by atoms with Crippen LogP contribution in [0.2, 0.25) is 0 Å². The highest BCUT2D eigenvalue weighted by Crippen LogP contribution is 2.36. The summed E-state index contributed by atoms with van der Waals surface area (Å²) in [6, 6.07) is 0. The van der Waals surface area contributed by atoms with Crippen LogP contribution in [0.5, 0.6) is 0 Å². The van der Waals surface area contributed by atoms with Gasteiger partial charge < -0.3 is 5.32 Å². The summed E-state index contributed by atoms with van der Waals surface area (Å²) >= 11 is 6.88. The smallest absolute Gasteiger partial charge is 0.265 e. The minimum Gasteiger partial charge on any atom is -0.345 e. The first-order valence-electron chi connectivity index (χ1n) is 4.34. The molecule has 0 saturated heterocycles. The molecular formula is C8H10ClN3OS.